The Hall–Kier alpha value is -1.84. The van der Waals surface area contributed by atoms with E-state index in [9.17, 15) is 5.11 Å². The van der Waals surface area contributed by atoms with Crippen LogP contribution in [0.2, 0.25) is 0 Å². The first-order chi connectivity index (χ1) is 9.70. The molecule has 0 radical (unpaired) electrons. The molecule has 20 heavy (non-hydrogen) atoms. The van der Waals surface area contributed by atoms with E-state index in [1.807, 2.05) is 30.3 Å². The topological polar surface area (TPSA) is 49.5 Å². The number of nitrogens with zero attached hydrogens (tertiary/aromatic N) is 1. The summed E-state index contributed by atoms with van der Waals surface area (Å²) < 4.78 is 0. The lowest BCUT2D eigenvalue weighted by Gasteiger charge is -2.29. The second-order valence-corrected chi connectivity index (χ2v) is 5.02. The number of benzene rings is 2. The van der Waals surface area contributed by atoms with Crippen molar-refractivity contribution in [3.05, 3.63) is 65.7 Å². The van der Waals surface area contributed by atoms with Crippen molar-refractivity contribution in [2.75, 3.05) is 18.9 Å². The molecule has 0 heterocycles. The van der Waals surface area contributed by atoms with E-state index < -0.39 is 0 Å². The van der Waals surface area contributed by atoms with Crippen molar-refractivity contribution in [1.29, 1.82) is 0 Å². The highest BCUT2D eigenvalue weighted by Gasteiger charge is 2.15. The summed E-state index contributed by atoms with van der Waals surface area (Å²) in [5.41, 5.74) is 8.97. The Balaban J connectivity index is 2.13. The normalized spacial score (nSPS) is 12.6. The van der Waals surface area contributed by atoms with Crippen LogP contribution in [0.5, 0.6) is 0 Å². The summed E-state index contributed by atoms with van der Waals surface area (Å²) in [5.74, 6) is 0. The molecule has 0 amide bonds. The van der Waals surface area contributed by atoms with Crippen molar-refractivity contribution in [2.24, 2.45) is 0 Å². The molecule has 3 heteroatoms. The largest absolute Gasteiger partial charge is 0.399 e. The molecule has 0 aliphatic rings. The van der Waals surface area contributed by atoms with Crippen LogP contribution in [-0.2, 0) is 6.54 Å². The molecule has 2 aromatic carbocycles. The van der Waals surface area contributed by atoms with Gasteiger partial charge in [-0.3, -0.25) is 4.90 Å². The summed E-state index contributed by atoms with van der Waals surface area (Å²) in [6.07, 6.45) is 0. The number of hydrogen-bond donors (Lipinski definition) is 2. The number of nitrogen functional groups attached to an aromatic ring is 1. The van der Waals surface area contributed by atoms with Crippen molar-refractivity contribution in [1.82, 2.24) is 4.90 Å². The summed E-state index contributed by atoms with van der Waals surface area (Å²) in [7, 11) is 0. The first kappa shape index (κ1) is 14.6. The summed E-state index contributed by atoms with van der Waals surface area (Å²) in [5, 5.41) is 9.29. The highest BCUT2D eigenvalue weighted by atomic mass is 16.3. The predicted molar refractivity (Wildman–Crippen MR) is 83.2 cm³/mol. The zero-order valence-corrected chi connectivity index (χ0v) is 11.9. The van der Waals surface area contributed by atoms with E-state index in [4.69, 9.17) is 5.73 Å². The molecule has 1 unspecified atom stereocenters. The molecule has 0 bridgehead atoms. The Morgan fingerprint density at radius 3 is 2.30 bits per heavy atom. The lowest BCUT2D eigenvalue weighted by atomic mass is 10.1. The zero-order chi connectivity index (χ0) is 14.4. The molecule has 2 aromatic rings. The van der Waals surface area contributed by atoms with Gasteiger partial charge in [0.25, 0.3) is 0 Å². The molecular formula is C17H22N2O. The first-order valence-corrected chi connectivity index (χ1v) is 6.95. The van der Waals surface area contributed by atoms with Crippen molar-refractivity contribution in [2.45, 2.75) is 19.5 Å². The highest BCUT2D eigenvalue weighted by Crippen LogP contribution is 2.22. The van der Waals surface area contributed by atoms with Crippen LogP contribution in [0.3, 0.4) is 0 Å². The molecule has 0 aliphatic heterocycles. The third-order valence-corrected chi connectivity index (χ3v) is 3.58. The van der Waals surface area contributed by atoms with Crippen LogP contribution in [0.4, 0.5) is 5.69 Å². The molecule has 0 aromatic heterocycles. The number of aliphatic hydroxyl groups is 1. The molecule has 106 valence electrons. The van der Waals surface area contributed by atoms with Crippen molar-refractivity contribution in [3.63, 3.8) is 0 Å². The van der Waals surface area contributed by atoms with E-state index in [1.54, 1.807) is 0 Å². The Kier molecular flexibility index (Phi) is 5.16. The fourth-order valence-corrected chi connectivity index (χ4v) is 2.34. The van der Waals surface area contributed by atoms with Crippen LogP contribution in [0.1, 0.15) is 24.1 Å². The van der Waals surface area contributed by atoms with Gasteiger partial charge in [-0.2, -0.15) is 0 Å². The van der Waals surface area contributed by atoms with Crippen LogP contribution in [0.15, 0.2) is 54.6 Å². The van der Waals surface area contributed by atoms with E-state index in [0.29, 0.717) is 6.54 Å². The van der Waals surface area contributed by atoms with Crippen LogP contribution in [0.25, 0.3) is 0 Å². The molecule has 0 saturated carbocycles. The molecule has 0 fully saturated rings. The maximum atomic E-state index is 9.29. The second kappa shape index (κ2) is 7.08. The van der Waals surface area contributed by atoms with Gasteiger partial charge in [-0.15, -0.1) is 0 Å². The van der Waals surface area contributed by atoms with Gasteiger partial charge in [0, 0.05) is 24.8 Å². The molecule has 2 rings (SSSR count). The molecule has 1 atom stereocenters. The maximum absolute atomic E-state index is 9.29. The average molecular weight is 270 g/mol. The van der Waals surface area contributed by atoms with Crippen molar-refractivity contribution in [3.8, 4) is 0 Å². The number of nitrogens with two attached hydrogens (primary N) is 1. The minimum atomic E-state index is 0.159. The van der Waals surface area contributed by atoms with Crippen LogP contribution in [0, 0.1) is 0 Å². The Bertz CT molecular complexity index is 510. The van der Waals surface area contributed by atoms with Crippen molar-refractivity contribution >= 4 is 5.69 Å². The minimum absolute atomic E-state index is 0.159. The fourth-order valence-electron chi connectivity index (χ4n) is 2.34. The minimum Gasteiger partial charge on any atom is -0.399 e. The zero-order valence-electron chi connectivity index (χ0n) is 11.9. The van der Waals surface area contributed by atoms with Crippen molar-refractivity contribution < 1.29 is 5.11 Å². The van der Waals surface area contributed by atoms with Gasteiger partial charge in [-0.1, -0.05) is 42.5 Å². The summed E-state index contributed by atoms with van der Waals surface area (Å²) in [4.78, 5) is 2.26. The standard InChI is InChI=1S/C17H22N2O/c1-14(16-7-9-17(18)10-8-16)19(11-12-20)13-15-5-3-2-4-6-15/h2-10,14,20H,11-13,18H2,1H3. The summed E-state index contributed by atoms with van der Waals surface area (Å²) >= 11 is 0. The lowest BCUT2D eigenvalue weighted by Crippen LogP contribution is -2.29. The Morgan fingerprint density at radius 1 is 1.05 bits per heavy atom. The van der Waals surface area contributed by atoms with Gasteiger partial charge < -0.3 is 10.8 Å². The number of hydrogen-bond acceptors (Lipinski definition) is 3. The Morgan fingerprint density at radius 2 is 1.70 bits per heavy atom. The SMILES string of the molecule is CC(c1ccc(N)cc1)N(CCO)Cc1ccccc1. The van der Waals surface area contributed by atoms with Gasteiger partial charge in [0.2, 0.25) is 0 Å². The number of aliphatic hydroxyl groups excluding tert-OH is 1. The van der Waals surface area contributed by atoms with E-state index in [1.165, 1.54) is 11.1 Å². The summed E-state index contributed by atoms with van der Waals surface area (Å²) in [6.45, 7) is 3.80. The van der Waals surface area contributed by atoms with Gasteiger partial charge in [0.05, 0.1) is 6.61 Å². The number of rotatable bonds is 6. The molecule has 0 saturated heterocycles. The highest BCUT2D eigenvalue weighted by molar-refractivity contribution is 5.40. The van der Waals surface area contributed by atoms with Gasteiger partial charge in [0.1, 0.15) is 0 Å². The molecule has 3 nitrogen and oxygen atoms in total. The van der Waals surface area contributed by atoms with Gasteiger partial charge in [-0.05, 0) is 30.2 Å². The van der Waals surface area contributed by atoms with Crippen LogP contribution in [-0.4, -0.2) is 23.2 Å². The number of anilines is 1. The van der Waals surface area contributed by atoms with E-state index in [2.05, 4.69) is 36.1 Å². The van der Waals surface area contributed by atoms with Crippen LogP contribution < -0.4 is 5.73 Å². The fraction of sp³-hybridized carbons (Fsp3) is 0.294. The van der Waals surface area contributed by atoms with Gasteiger partial charge >= 0.3 is 0 Å². The molecular weight excluding hydrogens is 248 g/mol. The maximum Gasteiger partial charge on any atom is 0.0558 e. The van der Waals surface area contributed by atoms with Crippen LogP contribution >= 0.6 is 0 Å². The Labute approximate surface area is 120 Å². The molecule has 0 spiro atoms. The second-order valence-electron chi connectivity index (χ2n) is 5.02. The molecule has 0 aliphatic carbocycles. The van der Waals surface area contributed by atoms with E-state index in [0.717, 1.165) is 12.2 Å². The van der Waals surface area contributed by atoms with Gasteiger partial charge in [0.15, 0.2) is 0 Å². The third-order valence-electron chi connectivity index (χ3n) is 3.58. The lowest BCUT2D eigenvalue weighted by molar-refractivity contribution is 0.151. The van der Waals surface area contributed by atoms with E-state index in [-0.39, 0.29) is 12.6 Å². The predicted octanol–water partition coefficient (Wildman–Crippen LogP) is 2.82. The third kappa shape index (κ3) is 3.83. The summed E-state index contributed by atoms with van der Waals surface area (Å²) in [6, 6.07) is 18.5. The van der Waals surface area contributed by atoms with E-state index >= 15 is 0 Å². The van der Waals surface area contributed by atoms with Gasteiger partial charge in [-0.25, -0.2) is 0 Å². The monoisotopic (exact) mass is 270 g/mol. The smallest absolute Gasteiger partial charge is 0.0558 e. The molecule has 3 N–H and O–H groups in total. The average Bonchev–Trinajstić information content (AvgIpc) is 2.48. The first-order valence-electron chi connectivity index (χ1n) is 6.95. The quantitative estimate of drug-likeness (QED) is 0.794.